The first-order valence-electron chi connectivity index (χ1n) is 10.8. The summed E-state index contributed by atoms with van der Waals surface area (Å²) in [7, 11) is 0. The van der Waals surface area contributed by atoms with Crippen molar-refractivity contribution in [2.24, 2.45) is 17.8 Å². The monoisotopic (exact) mass is 438 g/mol. The first kappa shape index (κ1) is 27.5. The van der Waals surface area contributed by atoms with Gasteiger partial charge in [-0.2, -0.15) is 0 Å². The summed E-state index contributed by atoms with van der Waals surface area (Å²) < 4.78 is 0. The molecule has 0 aromatic carbocycles. The van der Waals surface area contributed by atoms with E-state index in [1.807, 2.05) is 13.8 Å². The number of aliphatic carboxylic acids is 2. The number of halogens is 2. The first-order valence-corrected chi connectivity index (χ1v) is 11.7. The molecule has 28 heavy (non-hydrogen) atoms. The van der Waals surface area contributed by atoms with Gasteiger partial charge in [0.1, 0.15) is 10.3 Å². The zero-order valence-corrected chi connectivity index (χ0v) is 19.6. The molecule has 0 aromatic heterocycles. The molecule has 0 amide bonds. The molecule has 2 N–H and O–H groups in total. The Morgan fingerprint density at radius 3 is 1.50 bits per heavy atom. The fourth-order valence-corrected chi connectivity index (χ4v) is 4.43. The molecule has 6 heteroatoms. The minimum atomic E-state index is -1.18. The highest BCUT2D eigenvalue weighted by Crippen LogP contribution is 2.41. The summed E-state index contributed by atoms with van der Waals surface area (Å²) in [6.07, 6.45) is 11.3. The number of carboxylic acid groups (broad SMARTS) is 2. The minimum absolute atomic E-state index is 0.0248. The molecule has 0 aliphatic heterocycles. The molecule has 0 saturated heterocycles. The fourth-order valence-electron chi connectivity index (χ4n) is 3.91. The van der Waals surface area contributed by atoms with Crippen LogP contribution in [0.4, 0.5) is 0 Å². The number of hydrogen-bond donors (Lipinski definition) is 2. The van der Waals surface area contributed by atoms with Crippen molar-refractivity contribution in [3.63, 3.8) is 0 Å². The molecule has 0 spiro atoms. The normalized spacial score (nSPS) is 16.1. The third kappa shape index (κ3) is 9.82. The summed E-state index contributed by atoms with van der Waals surface area (Å²) >= 11 is 12.3. The molecule has 3 unspecified atom stereocenters. The Morgan fingerprint density at radius 1 is 0.786 bits per heavy atom. The van der Waals surface area contributed by atoms with Crippen LogP contribution in [0.15, 0.2) is 0 Å². The molecule has 0 radical (unpaired) electrons. The second-order valence-corrected chi connectivity index (χ2v) is 9.80. The van der Waals surface area contributed by atoms with E-state index in [1.165, 1.54) is 19.3 Å². The largest absolute Gasteiger partial charge is 0.480 e. The third-order valence-corrected chi connectivity index (χ3v) is 7.04. The average molecular weight is 439 g/mol. The summed E-state index contributed by atoms with van der Waals surface area (Å²) in [4.78, 5) is 21.2. The molecule has 3 atom stereocenters. The van der Waals surface area contributed by atoms with Gasteiger partial charge in [0.05, 0.1) is 0 Å². The van der Waals surface area contributed by atoms with Gasteiger partial charge in [-0.25, -0.2) is 0 Å². The van der Waals surface area contributed by atoms with Crippen LogP contribution in [0.25, 0.3) is 0 Å². The Balaban J connectivity index is 3.94. The van der Waals surface area contributed by atoms with Gasteiger partial charge < -0.3 is 10.2 Å². The van der Waals surface area contributed by atoms with E-state index in [-0.39, 0.29) is 17.8 Å². The number of hydrogen-bond acceptors (Lipinski definition) is 2. The van der Waals surface area contributed by atoms with Gasteiger partial charge in [0.25, 0.3) is 0 Å². The van der Waals surface area contributed by atoms with E-state index in [9.17, 15) is 14.7 Å². The van der Waals surface area contributed by atoms with Crippen LogP contribution in [0.1, 0.15) is 98.3 Å². The summed E-state index contributed by atoms with van der Waals surface area (Å²) in [6.45, 7) is 7.92. The predicted molar refractivity (Wildman–Crippen MR) is 117 cm³/mol. The molecule has 4 nitrogen and oxygen atoms in total. The molecule has 0 aliphatic carbocycles. The maximum Gasteiger partial charge on any atom is 0.325 e. The summed E-state index contributed by atoms with van der Waals surface area (Å²) in [5.74, 6) is -1.71. The lowest BCUT2D eigenvalue weighted by Crippen LogP contribution is -2.47. The van der Waals surface area contributed by atoms with Crippen molar-refractivity contribution in [2.75, 3.05) is 0 Å². The van der Waals surface area contributed by atoms with Gasteiger partial charge in [-0.3, -0.25) is 9.59 Å². The van der Waals surface area contributed by atoms with Gasteiger partial charge in [0.15, 0.2) is 0 Å². The lowest BCUT2D eigenvalue weighted by molar-refractivity contribution is -0.144. The van der Waals surface area contributed by atoms with Crippen LogP contribution in [0, 0.1) is 17.8 Å². The molecule has 0 heterocycles. The van der Waals surface area contributed by atoms with Crippen molar-refractivity contribution in [3.8, 4) is 0 Å². The summed E-state index contributed by atoms with van der Waals surface area (Å²) in [6, 6.07) is 0. The maximum absolute atomic E-state index is 11.8. The van der Waals surface area contributed by atoms with E-state index >= 15 is 0 Å². The van der Waals surface area contributed by atoms with Crippen molar-refractivity contribution in [3.05, 3.63) is 0 Å². The Bertz CT molecular complexity index is 454. The number of carboxylic acids is 2. The molecule has 0 aromatic rings. The van der Waals surface area contributed by atoms with Crippen molar-refractivity contribution >= 4 is 35.1 Å². The number of unbranched alkanes of at least 4 members (excludes halogenated alkanes) is 8. The number of carbonyl (C=O) groups is 2. The van der Waals surface area contributed by atoms with E-state index < -0.39 is 22.2 Å². The Hall–Kier alpha value is -0.480. The quantitative estimate of drug-likeness (QED) is 0.190. The smallest absolute Gasteiger partial charge is 0.325 e. The van der Waals surface area contributed by atoms with Crippen molar-refractivity contribution in [1.29, 1.82) is 0 Å². The van der Waals surface area contributed by atoms with E-state index in [1.54, 1.807) is 0 Å². The van der Waals surface area contributed by atoms with Crippen LogP contribution in [0.3, 0.4) is 0 Å². The third-order valence-electron chi connectivity index (χ3n) is 5.75. The molecule has 0 rings (SSSR count). The van der Waals surface area contributed by atoms with Gasteiger partial charge in [-0.15, -0.1) is 23.2 Å². The van der Waals surface area contributed by atoms with Crippen molar-refractivity contribution in [1.82, 2.24) is 0 Å². The predicted octanol–water partition coefficient (Wildman–Crippen LogP) is 6.96. The first-order chi connectivity index (χ1) is 13.0. The lowest BCUT2D eigenvalue weighted by Gasteiger charge is -2.37. The molecule has 166 valence electrons. The molecule has 0 fully saturated rings. The van der Waals surface area contributed by atoms with Crippen LogP contribution in [0.5, 0.6) is 0 Å². The zero-order valence-electron chi connectivity index (χ0n) is 18.1. The lowest BCUT2D eigenvalue weighted by atomic mass is 9.74. The van der Waals surface area contributed by atoms with E-state index in [0.717, 1.165) is 44.9 Å². The SMILES string of the molecule is CC(C)C(CCCCCCCCCCCC(Cl)C(=O)O)C(Cl)(C(=O)O)C(C)C. The van der Waals surface area contributed by atoms with Gasteiger partial charge in [0.2, 0.25) is 0 Å². The van der Waals surface area contributed by atoms with Gasteiger partial charge in [-0.1, -0.05) is 85.5 Å². The number of rotatable bonds is 17. The van der Waals surface area contributed by atoms with Gasteiger partial charge >= 0.3 is 11.9 Å². The van der Waals surface area contributed by atoms with Crippen LogP contribution in [-0.2, 0) is 9.59 Å². The van der Waals surface area contributed by atoms with E-state index in [4.69, 9.17) is 28.3 Å². The topological polar surface area (TPSA) is 74.6 Å². The molecule has 0 saturated carbocycles. The van der Waals surface area contributed by atoms with Crippen molar-refractivity contribution < 1.29 is 19.8 Å². The maximum atomic E-state index is 11.8. The molecule has 0 bridgehead atoms. The highest BCUT2D eigenvalue weighted by molar-refractivity contribution is 6.34. The highest BCUT2D eigenvalue weighted by atomic mass is 35.5. The Labute approximate surface area is 181 Å². The summed E-state index contributed by atoms with van der Waals surface area (Å²) in [5, 5.41) is 17.6. The van der Waals surface area contributed by atoms with Gasteiger partial charge in [0, 0.05) is 0 Å². The van der Waals surface area contributed by atoms with E-state index in [2.05, 4.69) is 13.8 Å². The molecular weight excluding hydrogens is 399 g/mol. The molecular formula is C22H40Cl2O4. The highest BCUT2D eigenvalue weighted by Gasteiger charge is 2.47. The average Bonchev–Trinajstić information content (AvgIpc) is 2.60. The summed E-state index contributed by atoms with van der Waals surface area (Å²) in [5.41, 5.74) is 0. The van der Waals surface area contributed by atoms with Crippen LogP contribution < -0.4 is 0 Å². The number of alkyl halides is 2. The minimum Gasteiger partial charge on any atom is -0.480 e. The Morgan fingerprint density at radius 2 is 1.18 bits per heavy atom. The van der Waals surface area contributed by atoms with Crippen LogP contribution in [-0.4, -0.2) is 32.4 Å². The van der Waals surface area contributed by atoms with Crippen molar-refractivity contribution in [2.45, 2.75) is 109 Å². The van der Waals surface area contributed by atoms with Gasteiger partial charge in [-0.05, 0) is 30.6 Å². The van der Waals surface area contributed by atoms with E-state index in [0.29, 0.717) is 6.42 Å². The zero-order chi connectivity index (χ0) is 21.7. The standard InChI is InChI=1S/C22H40Cl2O4/c1-16(2)18(22(24,17(3)4)21(27)28)14-12-10-8-6-5-7-9-11-13-15-19(23)20(25)26/h16-19H,5-15H2,1-4H3,(H,25,26)(H,27,28). The second kappa shape index (κ2) is 14.5. The van der Waals surface area contributed by atoms with Crippen LogP contribution in [0.2, 0.25) is 0 Å². The molecule has 0 aliphatic rings. The fraction of sp³-hybridized carbons (Fsp3) is 0.909. The van der Waals surface area contributed by atoms with Crippen LogP contribution >= 0.6 is 23.2 Å². The Kier molecular flexibility index (Phi) is 14.2. The second-order valence-electron chi connectivity index (χ2n) is 8.64.